The number of alkyl halides is 3. The zero-order chi connectivity index (χ0) is 22.4. The molecule has 8 heteroatoms. The van der Waals surface area contributed by atoms with Crippen molar-refractivity contribution in [3.8, 4) is 11.5 Å². The predicted octanol–water partition coefficient (Wildman–Crippen LogP) is 4.47. The van der Waals surface area contributed by atoms with Crippen molar-refractivity contribution in [1.29, 1.82) is 0 Å². The van der Waals surface area contributed by atoms with Gasteiger partial charge in [0.05, 0.1) is 12.7 Å². The van der Waals surface area contributed by atoms with Crippen LogP contribution in [-0.2, 0) is 11.0 Å². The lowest BCUT2D eigenvalue weighted by molar-refractivity contribution is -0.137. The third-order valence-corrected chi connectivity index (χ3v) is 5.03. The first-order valence-electron chi connectivity index (χ1n) is 9.94. The first-order chi connectivity index (χ1) is 14.8. The zero-order valence-electron chi connectivity index (χ0n) is 17.5. The molecule has 5 nitrogen and oxygen atoms in total. The third-order valence-electron chi connectivity index (χ3n) is 5.03. The van der Waals surface area contributed by atoms with Gasteiger partial charge in [0, 0.05) is 45.3 Å². The van der Waals surface area contributed by atoms with Gasteiger partial charge in [0.25, 0.3) is 0 Å². The molecule has 0 aromatic heterocycles. The molecular formula is C23H25F3N2O3. The van der Waals surface area contributed by atoms with Crippen molar-refractivity contribution in [2.24, 2.45) is 0 Å². The van der Waals surface area contributed by atoms with Crippen LogP contribution < -0.4 is 14.4 Å². The fourth-order valence-electron chi connectivity index (χ4n) is 3.43. The number of anilines is 1. The summed E-state index contributed by atoms with van der Waals surface area (Å²) in [6.07, 6.45) is -0.346. The molecule has 1 aliphatic heterocycles. The quantitative estimate of drug-likeness (QED) is 0.496. The van der Waals surface area contributed by atoms with Crippen LogP contribution in [0.25, 0.3) is 6.08 Å². The summed E-state index contributed by atoms with van der Waals surface area (Å²) in [6.45, 7) is 4.91. The minimum absolute atomic E-state index is 0.373. The molecule has 166 valence electrons. The maximum atomic E-state index is 12.9. The number of methoxy groups -OCH3 is 1. The molecule has 1 aliphatic rings. The number of halogens is 3. The van der Waals surface area contributed by atoms with Gasteiger partial charge >= 0.3 is 12.1 Å². The topological polar surface area (TPSA) is 42.0 Å². The van der Waals surface area contributed by atoms with Crippen LogP contribution in [-0.4, -0.2) is 50.7 Å². The minimum atomic E-state index is -4.33. The van der Waals surface area contributed by atoms with Gasteiger partial charge in [0.2, 0.25) is 0 Å². The van der Waals surface area contributed by atoms with E-state index in [1.807, 2.05) is 23.1 Å². The summed E-state index contributed by atoms with van der Waals surface area (Å²) in [7, 11) is 1.51. The highest BCUT2D eigenvalue weighted by atomic mass is 19.4. The molecule has 2 aromatic carbocycles. The highest BCUT2D eigenvalue weighted by molar-refractivity contribution is 5.71. The number of ether oxygens (including phenoxy) is 2. The van der Waals surface area contributed by atoms with Crippen molar-refractivity contribution < 1.29 is 27.4 Å². The number of hydrogen-bond acceptors (Lipinski definition) is 5. The van der Waals surface area contributed by atoms with Crippen LogP contribution in [0.4, 0.5) is 18.9 Å². The largest absolute Gasteiger partial charge is 0.493 e. The second-order valence-corrected chi connectivity index (χ2v) is 7.24. The molecule has 1 saturated heterocycles. The van der Waals surface area contributed by atoms with Gasteiger partial charge in [-0.3, -0.25) is 9.69 Å². The lowest BCUT2D eigenvalue weighted by Gasteiger charge is -2.35. The number of piperazine rings is 1. The Morgan fingerprint density at radius 2 is 1.81 bits per heavy atom. The van der Waals surface area contributed by atoms with Gasteiger partial charge in [-0.1, -0.05) is 24.3 Å². The van der Waals surface area contributed by atoms with E-state index in [9.17, 15) is 18.0 Å². The van der Waals surface area contributed by atoms with Gasteiger partial charge in [0.15, 0.2) is 11.5 Å². The van der Waals surface area contributed by atoms with E-state index in [4.69, 9.17) is 9.47 Å². The number of carbonyl (C=O) groups is 1. The van der Waals surface area contributed by atoms with E-state index in [0.717, 1.165) is 31.3 Å². The summed E-state index contributed by atoms with van der Waals surface area (Å²) in [5.74, 6) is 0.441. The summed E-state index contributed by atoms with van der Waals surface area (Å²) < 4.78 is 49.2. The molecule has 0 atom stereocenters. The number of benzene rings is 2. The van der Waals surface area contributed by atoms with Crippen LogP contribution in [0.1, 0.15) is 18.1 Å². The van der Waals surface area contributed by atoms with Crippen LogP contribution >= 0.6 is 0 Å². The molecule has 0 bridgehead atoms. The molecule has 0 radical (unpaired) electrons. The third kappa shape index (κ3) is 6.24. The molecule has 0 aliphatic carbocycles. The van der Waals surface area contributed by atoms with E-state index >= 15 is 0 Å². The number of carbonyl (C=O) groups excluding carboxylic acids is 1. The maximum Gasteiger partial charge on any atom is 0.416 e. The molecule has 0 spiro atoms. The first kappa shape index (κ1) is 22.7. The smallest absolute Gasteiger partial charge is 0.416 e. The van der Waals surface area contributed by atoms with Gasteiger partial charge in [-0.15, -0.1) is 0 Å². The lowest BCUT2D eigenvalue weighted by atomic mass is 10.1. The van der Waals surface area contributed by atoms with Crippen molar-refractivity contribution >= 4 is 17.7 Å². The number of rotatable bonds is 6. The predicted molar refractivity (Wildman–Crippen MR) is 113 cm³/mol. The Morgan fingerprint density at radius 1 is 1.06 bits per heavy atom. The van der Waals surface area contributed by atoms with Crippen LogP contribution in [0.5, 0.6) is 11.5 Å². The average molecular weight is 434 g/mol. The van der Waals surface area contributed by atoms with E-state index in [0.29, 0.717) is 30.3 Å². The maximum absolute atomic E-state index is 12.9. The lowest BCUT2D eigenvalue weighted by Crippen LogP contribution is -2.46. The minimum Gasteiger partial charge on any atom is -0.493 e. The Morgan fingerprint density at radius 3 is 2.45 bits per heavy atom. The normalized spacial score (nSPS) is 15.3. The Hall–Kier alpha value is -3.00. The van der Waals surface area contributed by atoms with Gasteiger partial charge in [0.1, 0.15) is 0 Å². The Labute approximate surface area is 179 Å². The summed E-state index contributed by atoms with van der Waals surface area (Å²) in [5.41, 5.74) is 0.894. The van der Waals surface area contributed by atoms with Crippen LogP contribution in [0, 0.1) is 0 Å². The molecular weight excluding hydrogens is 409 g/mol. The van der Waals surface area contributed by atoms with Crippen molar-refractivity contribution in [2.45, 2.75) is 13.1 Å². The molecule has 0 saturated carbocycles. The van der Waals surface area contributed by atoms with Crippen LogP contribution in [0.2, 0.25) is 0 Å². The molecule has 1 fully saturated rings. The summed E-state index contributed by atoms with van der Waals surface area (Å²) in [4.78, 5) is 15.4. The Balaban J connectivity index is 1.54. The SMILES string of the molecule is COc1cc(/C=C\CN2CCN(c3cccc(C(F)(F)F)c3)CC2)ccc1OC(C)=O. The van der Waals surface area contributed by atoms with Crippen LogP contribution in [0.15, 0.2) is 48.5 Å². The molecule has 0 amide bonds. The van der Waals surface area contributed by atoms with E-state index in [1.165, 1.54) is 26.2 Å². The van der Waals surface area contributed by atoms with E-state index in [2.05, 4.69) is 4.90 Å². The van der Waals surface area contributed by atoms with Crippen LogP contribution in [0.3, 0.4) is 0 Å². The van der Waals surface area contributed by atoms with Crippen molar-refractivity contribution in [2.75, 3.05) is 44.7 Å². The van der Waals surface area contributed by atoms with Gasteiger partial charge in [-0.25, -0.2) is 0 Å². The monoisotopic (exact) mass is 434 g/mol. The number of esters is 1. The number of hydrogen-bond donors (Lipinski definition) is 0. The highest BCUT2D eigenvalue weighted by Gasteiger charge is 2.31. The van der Waals surface area contributed by atoms with E-state index in [1.54, 1.807) is 18.2 Å². The second kappa shape index (κ2) is 9.87. The zero-order valence-corrected chi connectivity index (χ0v) is 17.5. The Bertz CT molecular complexity index is 936. The first-order valence-corrected chi connectivity index (χ1v) is 9.94. The van der Waals surface area contributed by atoms with Crippen molar-refractivity contribution in [1.82, 2.24) is 4.90 Å². The summed E-state index contributed by atoms with van der Waals surface area (Å²) in [5, 5.41) is 0. The van der Waals surface area contributed by atoms with Crippen molar-refractivity contribution in [3.05, 3.63) is 59.7 Å². The van der Waals surface area contributed by atoms with Gasteiger partial charge < -0.3 is 14.4 Å². The van der Waals surface area contributed by atoms with E-state index < -0.39 is 17.7 Å². The summed E-state index contributed by atoms with van der Waals surface area (Å²) >= 11 is 0. The fraction of sp³-hybridized carbons (Fsp3) is 0.348. The molecule has 0 unspecified atom stereocenters. The standard InChI is InChI=1S/C23H25F3N2O3/c1-17(29)31-21-9-8-18(15-22(21)30-2)5-4-10-27-11-13-28(14-12-27)20-7-3-6-19(16-20)23(24,25)26/h3-9,15-16H,10-14H2,1-2H3/b5-4-. The average Bonchev–Trinajstić information content (AvgIpc) is 2.74. The molecule has 0 N–H and O–H groups in total. The van der Waals surface area contributed by atoms with Crippen molar-refractivity contribution in [3.63, 3.8) is 0 Å². The number of nitrogens with zero attached hydrogens (tertiary/aromatic N) is 2. The molecule has 31 heavy (non-hydrogen) atoms. The van der Waals surface area contributed by atoms with E-state index in [-0.39, 0.29) is 0 Å². The second-order valence-electron chi connectivity index (χ2n) is 7.24. The molecule has 3 rings (SSSR count). The van der Waals surface area contributed by atoms with Gasteiger partial charge in [-0.05, 0) is 35.9 Å². The molecule has 1 heterocycles. The Kier molecular flexibility index (Phi) is 7.22. The fourth-order valence-corrected chi connectivity index (χ4v) is 3.43. The van der Waals surface area contributed by atoms with Gasteiger partial charge in [-0.2, -0.15) is 13.2 Å². The summed E-state index contributed by atoms with van der Waals surface area (Å²) in [6, 6.07) is 10.8. The molecule has 2 aromatic rings. The highest BCUT2D eigenvalue weighted by Crippen LogP contribution is 2.32.